The summed E-state index contributed by atoms with van der Waals surface area (Å²) in [6.45, 7) is 10.4. The van der Waals surface area contributed by atoms with Gasteiger partial charge in [0.2, 0.25) is 0 Å². The minimum atomic E-state index is -1.37. The van der Waals surface area contributed by atoms with Crippen molar-refractivity contribution in [2.75, 3.05) is 71.0 Å². The third kappa shape index (κ3) is 12.7. The van der Waals surface area contributed by atoms with Gasteiger partial charge in [-0.25, -0.2) is 14.6 Å². The molecular formula is C43H53N5O12S2. The molecule has 2 aliphatic heterocycles. The van der Waals surface area contributed by atoms with Gasteiger partial charge in [-0.1, -0.05) is 41.2 Å². The fourth-order valence-corrected chi connectivity index (χ4v) is 8.72. The quantitative estimate of drug-likeness (QED) is 0.0426. The van der Waals surface area contributed by atoms with Gasteiger partial charge in [-0.2, -0.15) is 0 Å². The van der Waals surface area contributed by atoms with E-state index in [4.69, 9.17) is 23.7 Å². The molecule has 2 aliphatic rings. The molecule has 0 bridgehead atoms. The second kappa shape index (κ2) is 23.0. The Labute approximate surface area is 368 Å². The fourth-order valence-electron chi connectivity index (χ4n) is 6.85. The number of aliphatic hydroxyl groups is 2. The Morgan fingerprint density at radius 1 is 0.806 bits per heavy atom. The van der Waals surface area contributed by atoms with Gasteiger partial charge in [0.05, 0.1) is 75.2 Å². The molecule has 2 saturated heterocycles. The number of aromatic nitrogens is 1. The summed E-state index contributed by atoms with van der Waals surface area (Å²) >= 11 is 0. The van der Waals surface area contributed by atoms with E-state index in [0.717, 1.165) is 16.2 Å². The van der Waals surface area contributed by atoms with Crippen molar-refractivity contribution >= 4 is 57.0 Å². The lowest BCUT2D eigenvalue weighted by molar-refractivity contribution is 0.0674. The van der Waals surface area contributed by atoms with E-state index in [0.29, 0.717) is 32.1 Å². The van der Waals surface area contributed by atoms with Gasteiger partial charge in [0.1, 0.15) is 11.6 Å². The number of benzene rings is 2. The molecule has 3 aromatic rings. The molecule has 19 heteroatoms. The highest BCUT2D eigenvalue weighted by atomic mass is 33.1. The SMILES string of the molecule is C=C1C[C@@H](CO)N(C(=O)c2cc(OC)c(OCCCCCOc3cc(NC(=O)OC[C@@H](C)SSc4ccccn4)c(C(=O)N4CC(=C)C[C@H]4CO)cc3OC)cc2NC(=O)O)C1. The second-order valence-electron chi connectivity index (χ2n) is 14.6. The summed E-state index contributed by atoms with van der Waals surface area (Å²) in [5.74, 6) is 0.0658. The van der Waals surface area contributed by atoms with Crippen LogP contribution in [0.15, 0.2) is 78.0 Å². The van der Waals surface area contributed by atoms with Gasteiger partial charge in [0.15, 0.2) is 23.0 Å². The maximum absolute atomic E-state index is 13.9. The molecule has 0 saturated carbocycles. The number of ether oxygens (including phenoxy) is 5. The molecule has 0 radical (unpaired) electrons. The number of hydrogen-bond donors (Lipinski definition) is 5. The van der Waals surface area contributed by atoms with Crippen LogP contribution in [0, 0.1) is 0 Å². The molecule has 5 N–H and O–H groups in total. The van der Waals surface area contributed by atoms with Crippen LogP contribution in [-0.2, 0) is 4.74 Å². The lowest BCUT2D eigenvalue weighted by Crippen LogP contribution is -2.38. The first-order chi connectivity index (χ1) is 29.8. The van der Waals surface area contributed by atoms with Crippen LogP contribution in [0.3, 0.4) is 0 Å². The predicted octanol–water partition coefficient (Wildman–Crippen LogP) is 6.72. The molecule has 5 rings (SSSR count). The summed E-state index contributed by atoms with van der Waals surface area (Å²) in [7, 11) is 5.82. The Hall–Kier alpha value is -5.63. The summed E-state index contributed by atoms with van der Waals surface area (Å²) < 4.78 is 28.7. The number of nitrogens with one attached hydrogen (secondary N) is 2. The number of unbranched alkanes of at least 4 members (excludes halogenated alkanes) is 2. The van der Waals surface area contributed by atoms with Crippen LogP contribution in [-0.4, -0.2) is 132 Å². The Kier molecular flexibility index (Phi) is 17.6. The van der Waals surface area contributed by atoms with E-state index < -0.39 is 36.1 Å². The van der Waals surface area contributed by atoms with E-state index in [-0.39, 0.29) is 96.9 Å². The lowest BCUT2D eigenvalue weighted by Gasteiger charge is -2.25. The number of amides is 4. The molecule has 0 unspecified atom stereocenters. The molecule has 3 heterocycles. The van der Waals surface area contributed by atoms with E-state index in [9.17, 15) is 34.5 Å². The topological polar surface area (TPSA) is 219 Å². The van der Waals surface area contributed by atoms with E-state index in [1.165, 1.54) is 69.9 Å². The van der Waals surface area contributed by atoms with Crippen molar-refractivity contribution in [2.24, 2.45) is 0 Å². The first kappa shape index (κ1) is 47.4. The van der Waals surface area contributed by atoms with Gasteiger partial charge >= 0.3 is 12.2 Å². The van der Waals surface area contributed by atoms with E-state index in [2.05, 4.69) is 28.8 Å². The van der Waals surface area contributed by atoms with Crippen molar-refractivity contribution in [2.45, 2.75) is 61.4 Å². The van der Waals surface area contributed by atoms with Gasteiger partial charge in [-0.05, 0) is 74.1 Å². The number of anilines is 2. The number of carbonyl (C=O) groups excluding carboxylic acids is 3. The van der Waals surface area contributed by atoms with Crippen molar-refractivity contribution in [3.8, 4) is 23.0 Å². The number of nitrogens with zero attached hydrogens (tertiary/aromatic N) is 3. The highest BCUT2D eigenvalue weighted by Gasteiger charge is 2.34. The molecule has 0 spiro atoms. The smallest absolute Gasteiger partial charge is 0.411 e. The zero-order valence-electron chi connectivity index (χ0n) is 34.9. The Balaban J connectivity index is 1.21. The third-order valence-electron chi connectivity index (χ3n) is 9.90. The summed E-state index contributed by atoms with van der Waals surface area (Å²) in [6, 6.07) is 10.5. The summed E-state index contributed by atoms with van der Waals surface area (Å²) in [5, 5.41) is 35.1. The van der Waals surface area contributed by atoms with Crippen molar-refractivity contribution in [1.29, 1.82) is 0 Å². The number of aliphatic hydroxyl groups excluding tert-OH is 2. The van der Waals surface area contributed by atoms with Crippen LogP contribution in [0.25, 0.3) is 0 Å². The molecule has 17 nitrogen and oxygen atoms in total. The lowest BCUT2D eigenvalue weighted by atomic mass is 10.1. The van der Waals surface area contributed by atoms with Gasteiger partial charge in [-0.3, -0.25) is 20.2 Å². The Morgan fingerprint density at radius 2 is 1.34 bits per heavy atom. The number of carbonyl (C=O) groups is 4. The average molecular weight is 896 g/mol. The highest BCUT2D eigenvalue weighted by molar-refractivity contribution is 8.76. The average Bonchev–Trinajstić information content (AvgIpc) is 3.85. The number of carboxylic acid groups (broad SMARTS) is 1. The van der Waals surface area contributed by atoms with Crippen LogP contribution in [0.4, 0.5) is 21.0 Å². The number of pyridine rings is 1. The van der Waals surface area contributed by atoms with Gasteiger partial charge in [0.25, 0.3) is 11.8 Å². The van der Waals surface area contributed by atoms with Crippen LogP contribution >= 0.6 is 21.6 Å². The molecule has 334 valence electrons. The molecule has 62 heavy (non-hydrogen) atoms. The zero-order valence-corrected chi connectivity index (χ0v) is 36.6. The fraction of sp³-hybridized carbons (Fsp3) is 0.419. The number of hydrogen-bond acceptors (Lipinski definition) is 14. The maximum atomic E-state index is 13.9. The number of likely N-dealkylation sites (tertiary alicyclic amines) is 2. The molecular weight excluding hydrogens is 843 g/mol. The maximum Gasteiger partial charge on any atom is 0.411 e. The molecule has 1 aromatic heterocycles. The van der Waals surface area contributed by atoms with Crippen LogP contribution in [0.2, 0.25) is 0 Å². The first-order valence-electron chi connectivity index (χ1n) is 19.9. The van der Waals surface area contributed by atoms with Crippen molar-refractivity contribution in [3.63, 3.8) is 0 Å². The predicted molar refractivity (Wildman–Crippen MR) is 236 cm³/mol. The van der Waals surface area contributed by atoms with Gasteiger partial charge in [0, 0.05) is 36.7 Å². The largest absolute Gasteiger partial charge is 0.493 e. The molecule has 2 fully saturated rings. The minimum Gasteiger partial charge on any atom is -0.493 e. The van der Waals surface area contributed by atoms with Crippen molar-refractivity contribution < 1.29 is 58.2 Å². The molecule has 4 amide bonds. The summed E-state index contributed by atoms with van der Waals surface area (Å²) in [4.78, 5) is 59.5. The van der Waals surface area contributed by atoms with E-state index in [1.807, 2.05) is 25.1 Å². The van der Waals surface area contributed by atoms with E-state index >= 15 is 0 Å². The van der Waals surface area contributed by atoms with Crippen LogP contribution in [0.5, 0.6) is 23.0 Å². The zero-order chi connectivity index (χ0) is 44.8. The molecule has 3 atom stereocenters. The van der Waals surface area contributed by atoms with Gasteiger partial charge < -0.3 is 48.8 Å². The number of rotatable bonds is 21. The normalized spacial score (nSPS) is 16.5. The highest BCUT2D eigenvalue weighted by Crippen LogP contribution is 2.38. The van der Waals surface area contributed by atoms with Crippen LogP contribution in [0.1, 0.15) is 59.7 Å². The Bertz CT molecular complexity index is 2090. The summed E-state index contributed by atoms with van der Waals surface area (Å²) in [5.41, 5.74) is 1.88. The van der Waals surface area contributed by atoms with Crippen molar-refractivity contribution in [1.82, 2.24) is 14.8 Å². The standard InChI is InChI=1S/C43H53N5O12S2/c1-26-15-29(23-49)47(21-26)40(51)31-17-35(56-4)37(19-33(31)45-42(53)54)58-13-9-6-10-14-59-38-20-34(46-43(55)60-25-28(3)61-62-39-11-7-8-12-44-39)32(18-36(38)57-5)41(52)48-22-27(2)16-30(48)24-50/h7-8,11-12,17-20,28-30,45,49-50H,1-2,6,9-10,13-16,21-25H2,3-5H3,(H,46,55)(H,53,54)/t28-,29+,30+/m1/s1. The molecule has 2 aromatic carbocycles. The second-order valence-corrected chi connectivity index (χ2v) is 17.3. The number of methoxy groups -OCH3 is 2. The van der Waals surface area contributed by atoms with Crippen molar-refractivity contribution in [3.05, 3.63) is 84.1 Å². The van der Waals surface area contributed by atoms with Crippen LogP contribution < -0.4 is 29.6 Å². The monoisotopic (exact) mass is 895 g/mol. The first-order valence-corrected chi connectivity index (χ1v) is 22.1. The summed E-state index contributed by atoms with van der Waals surface area (Å²) in [6.07, 6.45) is 2.24. The Morgan fingerprint density at radius 3 is 1.81 bits per heavy atom. The third-order valence-corrected chi connectivity index (χ3v) is 12.7. The van der Waals surface area contributed by atoms with E-state index in [1.54, 1.807) is 6.20 Å². The molecule has 0 aliphatic carbocycles. The van der Waals surface area contributed by atoms with Gasteiger partial charge in [-0.15, -0.1) is 0 Å². The minimum absolute atomic E-state index is 0.00746.